The maximum atomic E-state index is 10.9. The Labute approximate surface area is 111 Å². The van der Waals surface area contributed by atoms with Crippen molar-refractivity contribution in [1.82, 2.24) is 9.97 Å². The van der Waals surface area contributed by atoms with Gasteiger partial charge in [-0.2, -0.15) is 0 Å². The van der Waals surface area contributed by atoms with Gasteiger partial charge >= 0.3 is 0 Å². The Hall–Kier alpha value is -2.43. The minimum atomic E-state index is -0.396. The van der Waals surface area contributed by atoms with Crippen LogP contribution in [0, 0.1) is 6.92 Å². The highest BCUT2D eigenvalue weighted by Gasteiger charge is 2.23. The van der Waals surface area contributed by atoms with Crippen molar-refractivity contribution < 1.29 is 4.79 Å². The van der Waals surface area contributed by atoms with Crippen LogP contribution in [0.15, 0.2) is 30.5 Å². The summed E-state index contributed by atoms with van der Waals surface area (Å²) in [6, 6.07) is 7.88. The third-order valence-corrected chi connectivity index (χ3v) is 3.06. The monoisotopic (exact) mass is 254 g/mol. The number of nitrogens with one attached hydrogen (secondary N) is 2. The van der Waals surface area contributed by atoms with Crippen molar-refractivity contribution in [2.45, 2.75) is 19.5 Å². The molecule has 0 fully saturated rings. The third-order valence-electron chi connectivity index (χ3n) is 3.06. The molecule has 96 valence electrons. The molecule has 1 aliphatic heterocycles. The molecular weight excluding hydrogens is 240 g/mol. The molecule has 19 heavy (non-hydrogen) atoms. The lowest BCUT2D eigenvalue weighted by Crippen LogP contribution is -2.23. The number of pyridine rings is 2. The maximum absolute atomic E-state index is 10.9. The van der Waals surface area contributed by atoms with Gasteiger partial charge in [0.05, 0.1) is 5.69 Å². The number of anilines is 2. The molecule has 2 aromatic heterocycles. The molecule has 0 amide bonds. The molecule has 5 heteroatoms. The Bertz CT molecular complexity index is 612. The van der Waals surface area contributed by atoms with Gasteiger partial charge in [-0.1, -0.05) is 6.07 Å². The SMILES string of the molecule is Cc1cc(Cc2ccccn2)c2c(n1)NC(C=O)N2. The van der Waals surface area contributed by atoms with Crippen molar-refractivity contribution in [2.24, 2.45) is 0 Å². The lowest BCUT2D eigenvalue weighted by Gasteiger charge is -2.08. The Balaban J connectivity index is 1.97. The van der Waals surface area contributed by atoms with Crippen molar-refractivity contribution in [2.75, 3.05) is 10.6 Å². The molecule has 0 bridgehead atoms. The zero-order valence-corrected chi connectivity index (χ0v) is 10.6. The summed E-state index contributed by atoms with van der Waals surface area (Å²) in [5, 5.41) is 6.17. The summed E-state index contributed by atoms with van der Waals surface area (Å²) in [5.74, 6) is 0.739. The van der Waals surface area contributed by atoms with Crippen LogP contribution in [-0.4, -0.2) is 22.4 Å². The Kier molecular flexibility index (Phi) is 2.87. The second kappa shape index (κ2) is 4.68. The Morgan fingerprint density at radius 2 is 2.26 bits per heavy atom. The van der Waals surface area contributed by atoms with Crippen LogP contribution in [0.4, 0.5) is 11.5 Å². The lowest BCUT2D eigenvalue weighted by atomic mass is 10.1. The summed E-state index contributed by atoms with van der Waals surface area (Å²) in [7, 11) is 0. The molecule has 5 nitrogen and oxygen atoms in total. The van der Waals surface area contributed by atoms with E-state index in [4.69, 9.17) is 0 Å². The molecule has 0 aromatic carbocycles. The molecule has 2 aromatic rings. The van der Waals surface area contributed by atoms with Crippen LogP contribution in [0.5, 0.6) is 0 Å². The van der Waals surface area contributed by atoms with Crippen molar-refractivity contribution in [3.63, 3.8) is 0 Å². The number of carbonyl (C=O) groups is 1. The van der Waals surface area contributed by atoms with E-state index in [0.717, 1.165) is 34.7 Å². The molecule has 0 spiro atoms. The van der Waals surface area contributed by atoms with E-state index in [0.29, 0.717) is 6.42 Å². The molecule has 0 radical (unpaired) electrons. The molecule has 0 aliphatic carbocycles. The summed E-state index contributed by atoms with van der Waals surface area (Å²) in [6.45, 7) is 1.94. The molecule has 0 saturated heterocycles. The third kappa shape index (κ3) is 2.27. The number of aryl methyl sites for hydroxylation is 1. The van der Waals surface area contributed by atoms with E-state index in [1.807, 2.05) is 31.2 Å². The van der Waals surface area contributed by atoms with Gasteiger partial charge in [-0.05, 0) is 30.7 Å². The average molecular weight is 254 g/mol. The first-order chi connectivity index (χ1) is 9.26. The fourth-order valence-electron chi connectivity index (χ4n) is 2.25. The van der Waals surface area contributed by atoms with Crippen LogP contribution in [-0.2, 0) is 11.2 Å². The molecule has 0 saturated carbocycles. The van der Waals surface area contributed by atoms with Gasteiger partial charge in [0.25, 0.3) is 0 Å². The van der Waals surface area contributed by atoms with E-state index in [-0.39, 0.29) is 0 Å². The fourth-order valence-corrected chi connectivity index (χ4v) is 2.25. The van der Waals surface area contributed by atoms with E-state index in [2.05, 4.69) is 20.6 Å². The fraction of sp³-hybridized carbons (Fsp3) is 0.214. The number of fused-ring (bicyclic) bond motifs is 1. The number of aromatic nitrogens is 2. The smallest absolute Gasteiger partial charge is 0.162 e. The normalized spacial score (nSPS) is 16.4. The predicted molar refractivity (Wildman–Crippen MR) is 73.1 cm³/mol. The van der Waals surface area contributed by atoms with Gasteiger partial charge in [0.2, 0.25) is 0 Å². The molecule has 2 N–H and O–H groups in total. The highest BCUT2D eigenvalue weighted by Crippen LogP contribution is 2.32. The summed E-state index contributed by atoms with van der Waals surface area (Å²) >= 11 is 0. The van der Waals surface area contributed by atoms with Crippen molar-refractivity contribution >= 4 is 17.8 Å². The lowest BCUT2D eigenvalue weighted by molar-refractivity contribution is -0.107. The van der Waals surface area contributed by atoms with Gasteiger partial charge in [0.15, 0.2) is 18.3 Å². The van der Waals surface area contributed by atoms with E-state index >= 15 is 0 Å². The minimum Gasteiger partial charge on any atom is -0.356 e. The first-order valence-electron chi connectivity index (χ1n) is 6.15. The number of carbonyl (C=O) groups excluding carboxylic acids is 1. The van der Waals surface area contributed by atoms with Crippen molar-refractivity contribution in [3.8, 4) is 0 Å². The van der Waals surface area contributed by atoms with Crippen LogP contribution in [0.3, 0.4) is 0 Å². The largest absolute Gasteiger partial charge is 0.356 e. The molecule has 3 heterocycles. The first-order valence-corrected chi connectivity index (χ1v) is 6.15. The van der Waals surface area contributed by atoms with Gasteiger partial charge < -0.3 is 10.6 Å². The highest BCUT2D eigenvalue weighted by atomic mass is 16.1. The number of aldehydes is 1. The van der Waals surface area contributed by atoms with Crippen LogP contribution >= 0.6 is 0 Å². The van der Waals surface area contributed by atoms with Gasteiger partial charge in [-0.3, -0.25) is 9.78 Å². The summed E-state index contributed by atoms with van der Waals surface area (Å²) in [5.41, 5.74) is 3.91. The molecule has 1 unspecified atom stereocenters. The Morgan fingerprint density at radius 1 is 1.37 bits per heavy atom. The van der Waals surface area contributed by atoms with E-state index in [1.165, 1.54) is 0 Å². The molecule has 1 atom stereocenters. The van der Waals surface area contributed by atoms with Crippen molar-refractivity contribution in [1.29, 1.82) is 0 Å². The van der Waals surface area contributed by atoms with Gasteiger partial charge in [0, 0.05) is 24.0 Å². The minimum absolute atomic E-state index is 0.396. The highest BCUT2D eigenvalue weighted by molar-refractivity contribution is 5.83. The van der Waals surface area contributed by atoms with Gasteiger partial charge in [0.1, 0.15) is 0 Å². The van der Waals surface area contributed by atoms with E-state index in [1.54, 1.807) is 6.20 Å². The molecule has 3 rings (SSSR count). The summed E-state index contributed by atoms with van der Waals surface area (Å²) in [6.07, 6.45) is 2.93. The second-order valence-corrected chi connectivity index (χ2v) is 4.55. The molecule has 1 aliphatic rings. The predicted octanol–water partition coefficient (Wildman–Crippen LogP) is 1.74. The number of nitrogens with zero attached hydrogens (tertiary/aromatic N) is 2. The van der Waals surface area contributed by atoms with Crippen LogP contribution in [0.2, 0.25) is 0 Å². The molecular formula is C14H14N4O. The van der Waals surface area contributed by atoms with Crippen LogP contribution in [0.1, 0.15) is 17.0 Å². The van der Waals surface area contributed by atoms with E-state index in [9.17, 15) is 4.79 Å². The van der Waals surface area contributed by atoms with Crippen LogP contribution < -0.4 is 10.6 Å². The van der Waals surface area contributed by atoms with Gasteiger partial charge in [-0.15, -0.1) is 0 Å². The maximum Gasteiger partial charge on any atom is 0.162 e. The Morgan fingerprint density at radius 3 is 3.00 bits per heavy atom. The number of hydrogen-bond donors (Lipinski definition) is 2. The quantitative estimate of drug-likeness (QED) is 0.817. The first kappa shape index (κ1) is 11.6. The second-order valence-electron chi connectivity index (χ2n) is 4.55. The van der Waals surface area contributed by atoms with Gasteiger partial charge in [-0.25, -0.2) is 4.98 Å². The summed E-state index contributed by atoms with van der Waals surface area (Å²) in [4.78, 5) is 19.6. The average Bonchev–Trinajstić information content (AvgIpc) is 2.83. The zero-order valence-electron chi connectivity index (χ0n) is 10.6. The number of hydrogen-bond acceptors (Lipinski definition) is 5. The van der Waals surface area contributed by atoms with E-state index < -0.39 is 6.17 Å². The van der Waals surface area contributed by atoms with Crippen LogP contribution in [0.25, 0.3) is 0 Å². The number of rotatable bonds is 3. The topological polar surface area (TPSA) is 66.9 Å². The van der Waals surface area contributed by atoms with Crippen molar-refractivity contribution in [3.05, 3.63) is 47.4 Å². The zero-order chi connectivity index (χ0) is 13.2. The summed E-state index contributed by atoms with van der Waals surface area (Å²) < 4.78 is 0. The standard InChI is InChI=1S/C14H14N4O/c1-9-6-10(7-11-4-2-3-5-15-11)13-14(16-9)18-12(8-19)17-13/h2-6,8,12,17H,7H2,1H3,(H,16,18).